The number of benzene rings is 2. The molecule has 2 aromatic rings. The van der Waals surface area contributed by atoms with Crippen LogP contribution in [0.25, 0.3) is 0 Å². The minimum atomic E-state index is -0.196. The van der Waals surface area contributed by atoms with Crippen LogP contribution in [0, 0.1) is 0 Å². The molecule has 2 amide bonds. The number of carbonyl (C=O) groups is 2. The van der Waals surface area contributed by atoms with E-state index in [9.17, 15) is 9.59 Å². The Hall–Kier alpha value is -2.82. The standard InChI is InChI=1S/C19H20N2O3/c22-18(12-14-6-2-1-3-7-14)20-13-19(23)21-16-10-11-24-17-9-5-4-8-15(16)17/h1-9,16H,10-13H2,(H,20,22)(H,21,23). The van der Waals surface area contributed by atoms with Crippen molar-refractivity contribution in [3.8, 4) is 5.75 Å². The Labute approximate surface area is 141 Å². The van der Waals surface area contributed by atoms with Crippen LogP contribution in [0.15, 0.2) is 54.6 Å². The molecule has 1 atom stereocenters. The first-order chi connectivity index (χ1) is 11.7. The fourth-order valence-electron chi connectivity index (χ4n) is 2.76. The van der Waals surface area contributed by atoms with Crippen LogP contribution in [0.3, 0.4) is 0 Å². The maximum Gasteiger partial charge on any atom is 0.239 e. The van der Waals surface area contributed by atoms with Gasteiger partial charge in [0.1, 0.15) is 5.75 Å². The van der Waals surface area contributed by atoms with Gasteiger partial charge in [-0.15, -0.1) is 0 Å². The number of nitrogens with one attached hydrogen (secondary N) is 2. The second-order valence-electron chi connectivity index (χ2n) is 5.73. The van der Waals surface area contributed by atoms with Crippen LogP contribution in [0.5, 0.6) is 5.75 Å². The molecular formula is C19H20N2O3. The maximum atomic E-state index is 12.1. The van der Waals surface area contributed by atoms with Gasteiger partial charge in [0.15, 0.2) is 0 Å². The van der Waals surface area contributed by atoms with Crippen molar-refractivity contribution in [2.75, 3.05) is 13.2 Å². The summed E-state index contributed by atoms with van der Waals surface area (Å²) in [6, 6.07) is 17.1. The maximum absolute atomic E-state index is 12.1. The fourth-order valence-corrected chi connectivity index (χ4v) is 2.76. The van der Waals surface area contributed by atoms with Crippen molar-refractivity contribution in [1.29, 1.82) is 0 Å². The number of hydrogen-bond donors (Lipinski definition) is 2. The highest BCUT2D eigenvalue weighted by molar-refractivity contribution is 5.85. The van der Waals surface area contributed by atoms with Crippen molar-refractivity contribution in [3.05, 3.63) is 65.7 Å². The highest BCUT2D eigenvalue weighted by Gasteiger charge is 2.22. The van der Waals surface area contributed by atoms with Crippen molar-refractivity contribution < 1.29 is 14.3 Å². The van der Waals surface area contributed by atoms with Crippen molar-refractivity contribution in [2.24, 2.45) is 0 Å². The zero-order chi connectivity index (χ0) is 16.8. The summed E-state index contributed by atoms with van der Waals surface area (Å²) in [7, 11) is 0. The summed E-state index contributed by atoms with van der Waals surface area (Å²) in [6.07, 6.45) is 0.995. The predicted molar refractivity (Wildman–Crippen MR) is 90.6 cm³/mol. The highest BCUT2D eigenvalue weighted by Crippen LogP contribution is 2.31. The summed E-state index contributed by atoms with van der Waals surface area (Å²) in [4.78, 5) is 24.0. The van der Waals surface area contributed by atoms with Crippen LogP contribution < -0.4 is 15.4 Å². The van der Waals surface area contributed by atoms with Gasteiger partial charge in [-0.3, -0.25) is 9.59 Å². The molecule has 1 heterocycles. The van der Waals surface area contributed by atoms with Crippen LogP contribution >= 0.6 is 0 Å². The zero-order valence-corrected chi connectivity index (χ0v) is 13.3. The lowest BCUT2D eigenvalue weighted by molar-refractivity contribution is -0.126. The Morgan fingerprint density at radius 2 is 1.75 bits per heavy atom. The number of rotatable bonds is 5. The molecule has 0 fully saturated rings. The average Bonchev–Trinajstić information content (AvgIpc) is 2.61. The summed E-state index contributed by atoms with van der Waals surface area (Å²) in [5, 5.41) is 5.62. The van der Waals surface area contributed by atoms with Gasteiger partial charge in [0.25, 0.3) is 0 Å². The van der Waals surface area contributed by atoms with E-state index >= 15 is 0 Å². The Morgan fingerprint density at radius 3 is 2.58 bits per heavy atom. The monoisotopic (exact) mass is 324 g/mol. The largest absolute Gasteiger partial charge is 0.493 e. The number of hydrogen-bond acceptors (Lipinski definition) is 3. The molecule has 0 saturated heterocycles. The van der Waals surface area contributed by atoms with Crippen LogP contribution in [0.1, 0.15) is 23.6 Å². The van der Waals surface area contributed by atoms with Crippen LogP contribution in [-0.2, 0) is 16.0 Å². The van der Waals surface area contributed by atoms with Gasteiger partial charge in [0, 0.05) is 12.0 Å². The third kappa shape index (κ3) is 4.13. The lowest BCUT2D eigenvalue weighted by atomic mass is 10.0. The predicted octanol–water partition coefficient (Wildman–Crippen LogP) is 1.99. The van der Waals surface area contributed by atoms with Gasteiger partial charge in [-0.05, 0) is 11.6 Å². The average molecular weight is 324 g/mol. The van der Waals surface area contributed by atoms with Gasteiger partial charge in [-0.1, -0.05) is 48.5 Å². The molecule has 24 heavy (non-hydrogen) atoms. The molecule has 0 spiro atoms. The van der Waals surface area contributed by atoms with E-state index in [1.54, 1.807) is 0 Å². The molecule has 1 unspecified atom stereocenters. The molecule has 2 N–H and O–H groups in total. The second-order valence-corrected chi connectivity index (χ2v) is 5.73. The first-order valence-electron chi connectivity index (χ1n) is 8.04. The Kier molecular flexibility index (Phi) is 5.11. The summed E-state index contributed by atoms with van der Waals surface area (Å²) in [6.45, 7) is 0.549. The Balaban J connectivity index is 1.49. The van der Waals surface area contributed by atoms with Crippen molar-refractivity contribution in [2.45, 2.75) is 18.9 Å². The van der Waals surface area contributed by atoms with E-state index in [1.807, 2.05) is 54.6 Å². The number of para-hydroxylation sites is 1. The Morgan fingerprint density at radius 1 is 1.00 bits per heavy atom. The van der Waals surface area contributed by atoms with Crippen molar-refractivity contribution in [1.82, 2.24) is 10.6 Å². The van der Waals surface area contributed by atoms with E-state index in [4.69, 9.17) is 4.74 Å². The van der Waals surface area contributed by atoms with E-state index < -0.39 is 0 Å². The molecule has 5 heteroatoms. The van der Waals surface area contributed by atoms with E-state index in [0.717, 1.165) is 23.3 Å². The lowest BCUT2D eigenvalue weighted by Crippen LogP contribution is -2.40. The number of ether oxygens (including phenoxy) is 1. The molecule has 1 aliphatic rings. The molecule has 0 aromatic heterocycles. The Bertz CT molecular complexity index is 716. The minimum Gasteiger partial charge on any atom is -0.493 e. The van der Waals surface area contributed by atoms with Crippen LogP contribution in [-0.4, -0.2) is 25.0 Å². The summed E-state index contributed by atoms with van der Waals surface area (Å²) >= 11 is 0. The minimum absolute atomic E-state index is 0.0226. The highest BCUT2D eigenvalue weighted by atomic mass is 16.5. The SMILES string of the molecule is O=C(Cc1ccccc1)NCC(=O)NC1CCOc2ccccc21. The van der Waals surface area contributed by atoms with E-state index in [2.05, 4.69) is 10.6 Å². The summed E-state index contributed by atoms with van der Waals surface area (Å²) in [5.74, 6) is 0.448. The first-order valence-corrected chi connectivity index (χ1v) is 8.04. The van der Waals surface area contributed by atoms with Gasteiger partial charge < -0.3 is 15.4 Å². The number of carbonyl (C=O) groups excluding carboxylic acids is 2. The quantitative estimate of drug-likeness (QED) is 0.884. The van der Waals surface area contributed by atoms with Gasteiger partial charge in [-0.2, -0.15) is 0 Å². The third-order valence-corrected chi connectivity index (χ3v) is 3.95. The zero-order valence-electron chi connectivity index (χ0n) is 13.3. The number of fused-ring (bicyclic) bond motifs is 1. The molecule has 0 aliphatic carbocycles. The second kappa shape index (κ2) is 7.64. The number of amides is 2. The van der Waals surface area contributed by atoms with Crippen molar-refractivity contribution in [3.63, 3.8) is 0 Å². The van der Waals surface area contributed by atoms with Crippen LogP contribution in [0.2, 0.25) is 0 Å². The molecule has 0 bridgehead atoms. The molecule has 0 radical (unpaired) electrons. The van der Waals surface area contributed by atoms with Crippen molar-refractivity contribution >= 4 is 11.8 Å². The smallest absolute Gasteiger partial charge is 0.239 e. The summed E-state index contributed by atoms with van der Waals surface area (Å²) < 4.78 is 5.58. The molecule has 2 aromatic carbocycles. The normalized spacial score (nSPS) is 15.8. The third-order valence-electron chi connectivity index (χ3n) is 3.95. The molecule has 5 nitrogen and oxygen atoms in total. The van der Waals surface area contributed by atoms with Gasteiger partial charge in [0.05, 0.1) is 25.6 Å². The fraction of sp³-hybridized carbons (Fsp3) is 0.263. The van der Waals surface area contributed by atoms with Gasteiger partial charge >= 0.3 is 0 Å². The molecule has 0 saturated carbocycles. The van der Waals surface area contributed by atoms with Gasteiger partial charge in [-0.25, -0.2) is 0 Å². The molecule has 1 aliphatic heterocycles. The topological polar surface area (TPSA) is 67.4 Å². The van der Waals surface area contributed by atoms with Gasteiger partial charge in [0.2, 0.25) is 11.8 Å². The summed E-state index contributed by atoms with van der Waals surface area (Å²) in [5.41, 5.74) is 1.90. The molecule has 124 valence electrons. The van der Waals surface area contributed by atoms with E-state index in [0.29, 0.717) is 6.61 Å². The first kappa shape index (κ1) is 16.1. The van der Waals surface area contributed by atoms with E-state index in [-0.39, 0.29) is 30.8 Å². The van der Waals surface area contributed by atoms with Crippen LogP contribution in [0.4, 0.5) is 0 Å². The lowest BCUT2D eigenvalue weighted by Gasteiger charge is -2.26. The molecular weight excluding hydrogens is 304 g/mol. The van der Waals surface area contributed by atoms with E-state index in [1.165, 1.54) is 0 Å². The molecule has 3 rings (SSSR count).